The number of carbonyl (C=O) groups excluding carboxylic acids is 1. The zero-order valence-electron chi connectivity index (χ0n) is 9.83. The quantitative estimate of drug-likeness (QED) is 0.610. The molecule has 0 spiro atoms. The van der Waals surface area contributed by atoms with E-state index in [-0.39, 0.29) is 5.97 Å². The Morgan fingerprint density at radius 3 is 2.83 bits per heavy atom. The lowest BCUT2D eigenvalue weighted by Crippen LogP contribution is -2.00. The average Bonchev–Trinajstić information content (AvgIpc) is 2.88. The van der Waals surface area contributed by atoms with Gasteiger partial charge in [0.05, 0.1) is 13.5 Å². The van der Waals surface area contributed by atoms with Gasteiger partial charge in [0.15, 0.2) is 0 Å². The van der Waals surface area contributed by atoms with Gasteiger partial charge in [0.25, 0.3) is 5.22 Å². The fourth-order valence-corrected chi connectivity index (χ4v) is 1.97. The summed E-state index contributed by atoms with van der Waals surface area (Å²) in [4.78, 5) is 10.9. The van der Waals surface area contributed by atoms with E-state index in [1.54, 1.807) is 0 Å². The first-order valence-corrected chi connectivity index (χ1v) is 6.36. The fraction of sp³-hybridized carbons (Fsp3) is 0.250. The normalized spacial score (nSPS) is 10.3. The summed E-state index contributed by atoms with van der Waals surface area (Å²) in [5.41, 5.74) is 0.879. The molecule has 0 aliphatic heterocycles. The molecule has 2 aromatic rings. The van der Waals surface area contributed by atoms with E-state index in [1.807, 2.05) is 30.3 Å². The Morgan fingerprint density at radius 2 is 2.11 bits per heavy atom. The van der Waals surface area contributed by atoms with Crippen molar-refractivity contribution in [1.29, 1.82) is 0 Å². The summed E-state index contributed by atoms with van der Waals surface area (Å²) in [5.74, 6) is 0.796. The maximum absolute atomic E-state index is 10.9. The van der Waals surface area contributed by atoms with Crippen molar-refractivity contribution in [1.82, 2.24) is 10.2 Å². The van der Waals surface area contributed by atoms with Gasteiger partial charge in [0.1, 0.15) is 0 Å². The van der Waals surface area contributed by atoms with Crippen LogP contribution in [0.25, 0.3) is 11.5 Å². The van der Waals surface area contributed by atoms with E-state index in [2.05, 4.69) is 14.9 Å². The van der Waals surface area contributed by atoms with Crippen molar-refractivity contribution in [3.63, 3.8) is 0 Å². The minimum atomic E-state index is -0.245. The summed E-state index contributed by atoms with van der Waals surface area (Å²) in [6, 6.07) is 9.53. The van der Waals surface area contributed by atoms with Crippen LogP contribution in [0.2, 0.25) is 0 Å². The van der Waals surface area contributed by atoms with E-state index in [4.69, 9.17) is 4.42 Å². The summed E-state index contributed by atoms with van der Waals surface area (Å²) in [7, 11) is 1.37. The number of rotatable bonds is 5. The third-order valence-corrected chi connectivity index (χ3v) is 3.01. The van der Waals surface area contributed by atoms with E-state index in [0.29, 0.717) is 23.3 Å². The van der Waals surface area contributed by atoms with Gasteiger partial charge in [0, 0.05) is 11.3 Å². The molecule has 0 atom stereocenters. The van der Waals surface area contributed by atoms with Gasteiger partial charge in [-0.2, -0.15) is 0 Å². The number of aromatic nitrogens is 2. The lowest BCUT2D eigenvalue weighted by molar-refractivity contribution is -0.140. The van der Waals surface area contributed by atoms with Crippen LogP contribution in [0.3, 0.4) is 0 Å². The van der Waals surface area contributed by atoms with Crippen LogP contribution in [0.5, 0.6) is 0 Å². The van der Waals surface area contributed by atoms with Gasteiger partial charge >= 0.3 is 5.97 Å². The molecule has 1 aromatic carbocycles. The van der Waals surface area contributed by atoms with Crippen molar-refractivity contribution in [3.05, 3.63) is 30.3 Å². The molecule has 1 aromatic heterocycles. The summed E-state index contributed by atoms with van der Waals surface area (Å²) >= 11 is 1.34. The molecule has 0 fully saturated rings. The minimum Gasteiger partial charge on any atom is -0.469 e. The molecule has 0 bridgehead atoms. The standard InChI is InChI=1S/C12H12N2O3S/c1-16-10(15)7-8-18-12-14-13-11(17-12)9-5-3-2-4-6-9/h2-6H,7-8H2,1H3. The van der Waals surface area contributed by atoms with Gasteiger partial charge in [-0.1, -0.05) is 30.0 Å². The molecule has 0 aliphatic rings. The maximum atomic E-state index is 10.9. The molecule has 0 amide bonds. The molecule has 6 heteroatoms. The van der Waals surface area contributed by atoms with Gasteiger partial charge in [-0.05, 0) is 12.1 Å². The first kappa shape index (κ1) is 12.6. The number of thioether (sulfide) groups is 1. The molecule has 0 saturated heterocycles. The Balaban J connectivity index is 1.93. The largest absolute Gasteiger partial charge is 0.469 e. The third kappa shape index (κ3) is 3.33. The molecule has 94 valence electrons. The van der Waals surface area contributed by atoms with Crippen molar-refractivity contribution in [2.24, 2.45) is 0 Å². The molecule has 18 heavy (non-hydrogen) atoms. The second-order valence-electron chi connectivity index (χ2n) is 3.41. The number of ether oxygens (including phenoxy) is 1. The van der Waals surface area contributed by atoms with Gasteiger partial charge in [-0.25, -0.2) is 0 Å². The first-order valence-electron chi connectivity index (χ1n) is 5.38. The van der Waals surface area contributed by atoms with Crippen LogP contribution in [0, 0.1) is 0 Å². The topological polar surface area (TPSA) is 65.2 Å². The van der Waals surface area contributed by atoms with Gasteiger partial charge in [-0.15, -0.1) is 10.2 Å². The Bertz CT molecular complexity index is 513. The lowest BCUT2D eigenvalue weighted by atomic mass is 10.2. The molecular formula is C12H12N2O3S. The van der Waals surface area contributed by atoms with Crippen molar-refractivity contribution >= 4 is 17.7 Å². The Hall–Kier alpha value is -1.82. The van der Waals surface area contributed by atoms with Crippen molar-refractivity contribution in [3.8, 4) is 11.5 Å². The smallest absolute Gasteiger partial charge is 0.306 e. The predicted molar refractivity (Wildman–Crippen MR) is 67.1 cm³/mol. The van der Waals surface area contributed by atoms with E-state index in [0.717, 1.165) is 5.56 Å². The number of methoxy groups -OCH3 is 1. The molecule has 0 radical (unpaired) electrons. The molecule has 0 unspecified atom stereocenters. The number of carbonyl (C=O) groups is 1. The number of hydrogen-bond acceptors (Lipinski definition) is 6. The highest BCUT2D eigenvalue weighted by Crippen LogP contribution is 2.23. The highest BCUT2D eigenvalue weighted by molar-refractivity contribution is 7.99. The molecule has 0 aliphatic carbocycles. The maximum Gasteiger partial charge on any atom is 0.306 e. The molecular weight excluding hydrogens is 252 g/mol. The van der Waals surface area contributed by atoms with E-state index < -0.39 is 0 Å². The summed E-state index contributed by atoms with van der Waals surface area (Å²) in [5, 5.41) is 8.32. The Kier molecular flexibility index (Phi) is 4.35. The number of esters is 1. The SMILES string of the molecule is COC(=O)CCSc1nnc(-c2ccccc2)o1. The van der Waals surface area contributed by atoms with Crippen LogP contribution < -0.4 is 0 Å². The monoisotopic (exact) mass is 264 g/mol. The van der Waals surface area contributed by atoms with Crippen LogP contribution in [0.15, 0.2) is 40.0 Å². The van der Waals surface area contributed by atoms with E-state index in [1.165, 1.54) is 18.9 Å². The van der Waals surface area contributed by atoms with Crippen LogP contribution in [-0.2, 0) is 9.53 Å². The summed E-state index contributed by atoms with van der Waals surface area (Å²) in [6.45, 7) is 0. The molecule has 0 saturated carbocycles. The Labute approximate surface area is 109 Å². The molecule has 0 N–H and O–H groups in total. The van der Waals surface area contributed by atoms with Crippen LogP contribution in [0.1, 0.15) is 6.42 Å². The zero-order chi connectivity index (χ0) is 12.8. The highest BCUT2D eigenvalue weighted by atomic mass is 32.2. The van der Waals surface area contributed by atoms with Crippen LogP contribution >= 0.6 is 11.8 Å². The predicted octanol–water partition coefficient (Wildman–Crippen LogP) is 2.39. The summed E-state index contributed by atoms with van der Waals surface area (Å²) in [6.07, 6.45) is 0.324. The van der Waals surface area contributed by atoms with Crippen molar-refractivity contribution in [2.75, 3.05) is 12.9 Å². The second-order valence-corrected chi connectivity index (χ2v) is 4.46. The molecule has 1 heterocycles. The number of benzene rings is 1. The third-order valence-electron chi connectivity index (χ3n) is 2.19. The number of nitrogens with zero attached hydrogens (tertiary/aromatic N) is 2. The van der Waals surface area contributed by atoms with E-state index >= 15 is 0 Å². The zero-order valence-corrected chi connectivity index (χ0v) is 10.6. The lowest BCUT2D eigenvalue weighted by Gasteiger charge is -1.96. The number of hydrogen-bond donors (Lipinski definition) is 0. The Morgan fingerprint density at radius 1 is 1.33 bits per heavy atom. The minimum absolute atomic E-state index is 0.245. The van der Waals surface area contributed by atoms with Crippen LogP contribution in [-0.4, -0.2) is 29.0 Å². The average molecular weight is 264 g/mol. The van der Waals surface area contributed by atoms with Gasteiger partial charge in [0.2, 0.25) is 5.89 Å². The molecule has 2 rings (SSSR count). The molecule has 5 nitrogen and oxygen atoms in total. The van der Waals surface area contributed by atoms with Crippen LogP contribution in [0.4, 0.5) is 0 Å². The van der Waals surface area contributed by atoms with Crippen molar-refractivity contribution in [2.45, 2.75) is 11.6 Å². The second kappa shape index (κ2) is 6.20. The fourth-order valence-electron chi connectivity index (χ4n) is 1.29. The first-order chi connectivity index (χ1) is 8.79. The van der Waals surface area contributed by atoms with Crippen molar-refractivity contribution < 1.29 is 13.9 Å². The highest BCUT2D eigenvalue weighted by Gasteiger charge is 2.09. The van der Waals surface area contributed by atoms with Gasteiger partial charge < -0.3 is 9.15 Å². The summed E-state index contributed by atoms with van der Waals surface area (Å²) < 4.78 is 10.0. The van der Waals surface area contributed by atoms with E-state index in [9.17, 15) is 4.79 Å². The van der Waals surface area contributed by atoms with Gasteiger partial charge in [-0.3, -0.25) is 4.79 Å².